The number of ether oxygens (including phenoxy) is 1. The summed E-state index contributed by atoms with van der Waals surface area (Å²) in [6, 6.07) is 9.91. The van der Waals surface area contributed by atoms with Gasteiger partial charge in [-0.2, -0.15) is 0 Å². The van der Waals surface area contributed by atoms with Gasteiger partial charge in [0.25, 0.3) is 0 Å². The molecule has 0 bridgehead atoms. The van der Waals surface area contributed by atoms with Gasteiger partial charge in [0, 0.05) is 11.8 Å². The van der Waals surface area contributed by atoms with Crippen molar-refractivity contribution in [3.8, 4) is 5.75 Å². The summed E-state index contributed by atoms with van der Waals surface area (Å²) in [7, 11) is 1.56. The molecule has 3 N–H and O–H groups in total. The largest absolute Gasteiger partial charge is 0.497 e. The van der Waals surface area contributed by atoms with Crippen LogP contribution in [0, 0.1) is 0 Å². The SMILES string of the molecule is COc1cccc(NC(=O)NCC(C)(O)c2ccco2)c1. The molecule has 0 fully saturated rings. The zero-order valence-corrected chi connectivity index (χ0v) is 11.9. The predicted molar refractivity (Wildman–Crippen MR) is 78.3 cm³/mol. The number of nitrogens with one attached hydrogen (secondary N) is 2. The number of rotatable bonds is 5. The highest BCUT2D eigenvalue weighted by Gasteiger charge is 2.26. The second-order valence-electron chi connectivity index (χ2n) is 4.79. The van der Waals surface area contributed by atoms with Gasteiger partial charge in [-0.15, -0.1) is 0 Å². The Bertz CT molecular complexity index is 593. The molecule has 1 aromatic carbocycles. The Morgan fingerprint density at radius 3 is 2.86 bits per heavy atom. The number of methoxy groups -OCH3 is 1. The number of carbonyl (C=O) groups excluding carboxylic acids is 1. The fraction of sp³-hybridized carbons (Fsp3) is 0.267. The highest BCUT2D eigenvalue weighted by Crippen LogP contribution is 2.20. The maximum absolute atomic E-state index is 11.8. The first-order chi connectivity index (χ1) is 10.0. The summed E-state index contributed by atoms with van der Waals surface area (Å²) in [5.41, 5.74) is -0.667. The van der Waals surface area contributed by atoms with Gasteiger partial charge in [-0.25, -0.2) is 4.79 Å². The number of furan rings is 1. The number of amides is 2. The molecule has 2 aromatic rings. The van der Waals surface area contributed by atoms with Gasteiger partial charge in [0.2, 0.25) is 0 Å². The van der Waals surface area contributed by atoms with E-state index in [0.717, 1.165) is 0 Å². The van der Waals surface area contributed by atoms with Crippen molar-refractivity contribution >= 4 is 11.7 Å². The first kappa shape index (κ1) is 14.9. The quantitative estimate of drug-likeness (QED) is 0.789. The van der Waals surface area contributed by atoms with E-state index >= 15 is 0 Å². The van der Waals surface area contributed by atoms with Gasteiger partial charge in [0.05, 0.1) is 19.9 Å². The first-order valence-electron chi connectivity index (χ1n) is 6.46. The van der Waals surface area contributed by atoms with E-state index in [1.54, 1.807) is 50.4 Å². The molecule has 1 heterocycles. The minimum absolute atomic E-state index is 0.0241. The second-order valence-corrected chi connectivity index (χ2v) is 4.79. The Hall–Kier alpha value is -2.47. The zero-order chi connectivity index (χ0) is 15.3. The lowest BCUT2D eigenvalue weighted by atomic mass is 10.0. The predicted octanol–water partition coefficient (Wildman–Crippen LogP) is 2.32. The van der Waals surface area contributed by atoms with E-state index in [9.17, 15) is 9.90 Å². The molecule has 2 amide bonds. The summed E-state index contributed by atoms with van der Waals surface area (Å²) in [5, 5.41) is 15.5. The Balaban J connectivity index is 1.90. The smallest absolute Gasteiger partial charge is 0.319 e. The number of hydrogen-bond donors (Lipinski definition) is 3. The molecule has 21 heavy (non-hydrogen) atoms. The van der Waals surface area contributed by atoms with Crippen LogP contribution in [-0.2, 0) is 5.60 Å². The third-order valence-corrected chi connectivity index (χ3v) is 2.97. The number of benzene rings is 1. The topological polar surface area (TPSA) is 83.7 Å². The summed E-state index contributed by atoms with van der Waals surface area (Å²) in [6.45, 7) is 1.59. The van der Waals surface area contributed by atoms with Gasteiger partial charge in [0.1, 0.15) is 17.1 Å². The van der Waals surface area contributed by atoms with E-state index in [1.807, 2.05) is 0 Å². The van der Waals surface area contributed by atoms with Crippen LogP contribution in [0.3, 0.4) is 0 Å². The highest BCUT2D eigenvalue weighted by molar-refractivity contribution is 5.89. The monoisotopic (exact) mass is 290 g/mol. The third kappa shape index (κ3) is 4.00. The number of anilines is 1. The minimum atomic E-state index is -1.27. The molecule has 6 heteroatoms. The van der Waals surface area contributed by atoms with Gasteiger partial charge >= 0.3 is 6.03 Å². The molecule has 0 radical (unpaired) electrons. The molecular weight excluding hydrogens is 272 g/mol. The molecule has 2 rings (SSSR count). The van der Waals surface area contributed by atoms with Crippen LogP contribution < -0.4 is 15.4 Å². The van der Waals surface area contributed by atoms with Crippen LogP contribution >= 0.6 is 0 Å². The summed E-state index contributed by atoms with van der Waals surface area (Å²) in [5.74, 6) is 1.04. The van der Waals surface area contributed by atoms with E-state index in [4.69, 9.17) is 9.15 Å². The summed E-state index contributed by atoms with van der Waals surface area (Å²) in [4.78, 5) is 11.8. The lowest BCUT2D eigenvalue weighted by Gasteiger charge is -2.21. The Morgan fingerprint density at radius 1 is 1.38 bits per heavy atom. The van der Waals surface area contributed by atoms with Crippen LogP contribution in [0.1, 0.15) is 12.7 Å². The van der Waals surface area contributed by atoms with E-state index in [1.165, 1.54) is 6.26 Å². The molecule has 6 nitrogen and oxygen atoms in total. The van der Waals surface area contributed by atoms with Crippen molar-refractivity contribution in [2.45, 2.75) is 12.5 Å². The van der Waals surface area contributed by atoms with Crippen molar-refractivity contribution in [2.24, 2.45) is 0 Å². The molecule has 1 aromatic heterocycles. The lowest BCUT2D eigenvalue weighted by molar-refractivity contribution is 0.0372. The molecular formula is C15H18N2O4. The molecule has 0 aliphatic rings. The van der Waals surface area contributed by atoms with Gasteiger partial charge in [-0.05, 0) is 31.2 Å². The van der Waals surface area contributed by atoms with Gasteiger partial charge in [0.15, 0.2) is 0 Å². The van der Waals surface area contributed by atoms with Gasteiger partial charge in [-0.1, -0.05) is 6.07 Å². The van der Waals surface area contributed by atoms with Crippen molar-refractivity contribution in [2.75, 3.05) is 19.0 Å². The maximum Gasteiger partial charge on any atom is 0.319 e. The van der Waals surface area contributed by atoms with Crippen molar-refractivity contribution in [1.29, 1.82) is 0 Å². The average Bonchev–Trinajstić information content (AvgIpc) is 3.00. The van der Waals surface area contributed by atoms with E-state index in [0.29, 0.717) is 17.2 Å². The average molecular weight is 290 g/mol. The van der Waals surface area contributed by atoms with Crippen LogP contribution in [0.5, 0.6) is 5.75 Å². The standard InChI is InChI=1S/C15H18N2O4/c1-15(19,13-7-4-8-21-13)10-16-14(18)17-11-5-3-6-12(9-11)20-2/h3-9,19H,10H2,1-2H3,(H2,16,17,18). The van der Waals surface area contributed by atoms with Crippen molar-refractivity contribution < 1.29 is 19.1 Å². The molecule has 112 valence electrons. The molecule has 1 atom stereocenters. The molecule has 0 aliphatic carbocycles. The number of urea groups is 1. The summed E-state index contributed by atoms with van der Waals surface area (Å²) >= 11 is 0. The van der Waals surface area contributed by atoms with Crippen molar-refractivity contribution in [3.63, 3.8) is 0 Å². The first-order valence-corrected chi connectivity index (χ1v) is 6.46. The van der Waals surface area contributed by atoms with E-state index in [2.05, 4.69) is 10.6 Å². The fourth-order valence-corrected chi connectivity index (χ4v) is 1.80. The Kier molecular flexibility index (Phi) is 4.49. The molecule has 0 saturated heterocycles. The Morgan fingerprint density at radius 2 is 2.19 bits per heavy atom. The van der Waals surface area contributed by atoms with E-state index < -0.39 is 11.6 Å². The maximum atomic E-state index is 11.8. The lowest BCUT2D eigenvalue weighted by Crippen LogP contribution is -2.40. The Labute approximate surface area is 122 Å². The van der Waals surface area contributed by atoms with Crippen LogP contribution in [0.2, 0.25) is 0 Å². The number of aliphatic hydroxyl groups is 1. The van der Waals surface area contributed by atoms with Crippen molar-refractivity contribution in [3.05, 3.63) is 48.4 Å². The third-order valence-electron chi connectivity index (χ3n) is 2.97. The number of carbonyl (C=O) groups is 1. The summed E-state index contributed by atoms with van der Waals surface area (Å²) < 4.78 is 10.2. The summed E-state index contributed by atoms with van der Waals surface area (Å²) in [6.07, 6.45) is 1.47. The van der Waals surface area contributed by atoms with Crippen LogP contribution in [0.25, 0.3) is 0 Å². The number of hydrogen-bond acceptors (Lipinski definition) is 4. The normalized spacial score (nSPS) is 13.3. The van der Waals surface area contributed by atoms with Crippen LogP contribution in [-0.4, -0.2) is 24.8 Å². The van der Waals surface area contributed by atoms with Gasteiger partial charge in [-0.3, -0.25) is 0 Å². The van der Waals surface area contributed by atoms with Gasteiger partial charge < -0.3 is 24.9 Å². The highest BCUT2D eigenvalue weighted by atomic mass is 16.5. The molecule has 0 saturated carbocycles. The van der Waals surface area contributed by atoms with Crippen LogP contribution in [0.4, 0.5) is 10.5 Å². The van der Waals surface area contributed by atoms with E-state index in [-0.39, 0.29) is 6.54 Å². The molecule has 0 spiro atoms. The zero-order valence-electron chi connectivity index (χ0n) is 11.9. The fourth-order valence-electron chi connectivity index (χ4n) is 1.80. The van der Waals surface area contributed by atoms with Crippen molar-refractivity contribution in [1.82, 2.24) is 5.32 Å². The molecule has 1 unspecified atom stereocenters. The minimum Gasteiger partial charge on any atom is -0.497 e. The molecule has 0 aliphatic heterocycles. The van der Waals surface area contributed by atoms with Crippen LogP contribution in [0.15, 0.2) is 47.1 Å². The second kappa shape index (κ2) is 6.32.